The lowest BCUT2D eigenvalue weighted by Crippen LogP contribution is -2.28. The van der Waals surface area contributed by atoms with Gasteiger partial charge in [-0.1, -0.05) is 15.9 Å². The van der Waals surface area contributed by atoms with Gasteiger partial charge in [0, 0.05) is 33.8 Å². The highest BCUT2D eigenvalue weighted by Crippen LogP contribution is 2.14. The number of carbonyl (C=O) groups excluding carboxylic acids is 1. The minimum Gasteiger partial charge on any atom is -0.351 e. The molecule has 3 nitrogen and oxygen atoms in total. The lowest BCUT2D eigenvalue weighted by molar-refractivity contribution is 0.0952. The zero-order valence-corrected chi connectivity index (χ0v) is 11.0. The predicted octanol–water partition coefficient (Wildman–Crippen LogP) is 1.70. The molecule has 1 aromatic carbocycles. The van der Waals surface area contributed by atoms with E-state index in [0.29, 0.717) is 10.2 Å². The molecule has 0 aliphatic carbocycles. The predicted molar refractivity (Wildman–Crippen MR) is 65.4 cm³/mol. The van der Waals surface area contributed by atoms with Crippen molar-refractivity contribution in [1.82, 2.24) is 5.32 Å². The van der Waals surface area contributed by atoms with E-state index in [1.165, 1.54) is 12.1 Å². The fourth-order valence-corrected chi connectivity index (χ4v) is 1.80. The summed E-state index contributed by atoms with van der Waals surface area (Å²) in [5.41, 5.74) is -0.00918. The Hall–Kier alpha value is -0.750. The average Bonchev–Trinajstić information content (AvgIpc) is 2.16. The second-order valence-corrected chi connectivity index (χ2v) is 5.63. The summed E-state index contributed by atoms with van der Waals surface area (Å²) in [6, 6.07) is 4.22. The molecular formula is C10H11BrFNO2S. The Morgan fingerprint density at radius 1 is 1.56 bits per heavy atom. The normalized spacial score (nSPS) is 12.2. The molecule has 1 N–H and O–H groups in total. The number of halogens is 2. The van der Waals surface area contributed by atoms with Crippen LogP contribution in [-0.4, -0.2) is 28.7 Å². The van der Waals surface area contributed by atoms with Crippen LogP contribution in [0.2, 0.25) is 0 Å². The molecule has 0 saturated carbocycles. The number of carbonyl (C=O) groups is 1. The van der Waals surface area contributed by atoms with Crippen LogP contribution < -0.4 is 5.32 Å². The fraction of sp³-hybridized carbons (Fsp3) is 0.300. The third-order valence-corrected chi connectivity index (χ3v) is 3.12. The topological polar surface area (TPSA) is 46.2 Å². The highest BCUT2D eigenvalue weighted by atomic mass is 79.9. The molecule has 6 heteroatoms. The van der Waals surface area contributed by atoms with Crippen LogP contribution in [-0.2, 0) is 10.8 Å². The lowest BCUT2D eigenvalue weighted by atomic mass is 10.2. The number of amides is 1. The number of rotatable bonds is 4. The summed E-state index contributed by atoms with van der Waals surface area (Å²) in [6.07, 6.45) is 1.55. The van der Waals surface area contributed by atoms with Crippen molar-refractivity contribution in [3.63, 3.8) is 0 Å². The molecule has 1 rings (SSSR count). The van der Waals surface area contributed by atoms with E-state index < -0.39 is 22.5 Å². The first-order chi connectivity index (χ1) is 7.50. The summed E-state index contributed by atoms with van der Waals surface area (Å²) < 4.78 is 24.7. The first-order valence-corrected chi connectivity index (χ1v) is 7.06. The first-order valence-electron chi connectivity index (χ1n) is 4.54. The molecule has 0 spiro atoms. The van der Waals surface area contributed by atoms with Crippen LogP contribution in [0, 0.1) is 5.82 Å². The molecule has 0 radical (unpaired) electrons. The van der Waals surface area contributed by atoms with Gasteiger partial charge in [-0.2, -0.15) is 0 Å². The van der Waals surface area contributed by atoms with Crippen molar-refractivity contribution in [3.05, 3.63) is 34.1 Å². The summed E-state index contributed by atoms with van der Waals surface area (Å²) in [7, 11) is -0.963. The Morgan fingerprint density at radius 3 is 2.81 bits per heavy atom. The van der Waals surface area contributed by atoms with Crippen molar-refractivity contribution in [2.45, 2.75) is 0 Å². The van der Waals surface area contributed by atoms with Gasteiger partial charge < -0.3 is 5.32 Å². The van der Waals surface area contributed by atoms with E-state index in [1.54, 1.807) is 12.3 Å². The van der Waals surface area contributed by atoms with E-state index in [1.807, 2.05) is 0 Å². The Morgan fingerprint density at radius 2 is 2.25 bits per heavy atom. The Kier molecular flexibility index (Phi) is 5.08. The van der Waals surface area contributed by atoms with Gasteiger partial charge in [-0.3, -0.25) is 9.00 Å². The van der Waals surface area contributed by atoms with Crippen LogP contribution >= 0.6 is 15.9 Å². The SMILES string of the molecule is CS(=O)CCNC(=O)c1ccc(Br)cc1F. The minimum atomic E-state index is -0.963. The zero-order chi connectivity index (χ0) is 12.1. The van der Waals surface area contributed by atoms with Gasteiger partial charge in [0.15, 0.2) is 0 Å². The number of hydrogen-bond acceptors (Lipinski definition) is 2. The summed E-state index contributed by atoms with van der Waals surface area (Å²) in [5.74, 6) is -0.705. The Balaban J connectivity index is 2.63. The molecule has 0 bridgehead atoms. The molecule has 16 heavy (non-hydrogen) atoms. The highest BCUT2D eigenvalue weighted by molar-refractivity contribution is 9.10. The zero-order valence-electron chi connectivity index (χ0n) is 8.63. The van der Waals surface area contributed by atoms with Gasteiger partial charge in [0.05, 0.1) is 5.56 Å². The average molecular weight is 308 g/mol. The van der Waals surface area contributed by atoms with Crippen LogP contribution in [0.15, 0.2) is 22.7 Å². The largest absolute Gasteiger partial charge is 0.351 e. The van der Waals surface area contributed by atoms with E-state index >= 15 is 0 Å². The summed E-state index contributed by atoms with van der Waals surface area (Å²) in [5, 5.41) is 2.50. The Bertz CT molecular complexity index is 425. The molecule has 0 aromatic heterocycles. The van der Waals surface area contributed by atoms with Gasteiger partial charge in [-0.05, 0) is 18.2 Å². The summed E-state index contributed by atoms with van der Waals surface area (Å²) in [4.78, 5) is 11.5. The van der Waals surface area contributed by atoms with E-state index in [-0.39, 0.29) is 12.1 Å². The third kappa shape index (κ3) is 4.02. The van der Waals surface area contributed by atoms with Crippen LogP contribution in [0.1, 0.15) is 10.4 Å². The van der Waals surface area contributed by atoms with E-state index in [9.17, 15) is 13.4 Å². The molecule has 0 aliphatic rings. The molecule has 0 saturated heterocycles. The maximum Gasteiger partial charge on any atom is 0.254 e. The van der Waals surface area contributed by atoms with Gasteiger partial charge in [0.2, 0.25) is 0 Å². The van der Waals surface area contributed by atoms with Crippen LogP contribution in [0.3, 0.4) is 0 Å². The molecule has 88 valence electrons. The smallest absolute Gasteiger partial charge is 0.254 e. The quantitative estimate of drug-likeness (QED) is 0.920. The van der Waals surface area contributed by atoms with Crippen molar-refractivity contribution >= 4 is 32.6 Å². The molecule has 1 unspecified atom stereocenters. The standard InChI is InChI=1S/C10H11BrFNO2S/c1-16(15)5-4-13-10(14)8-3-2-7(11)6-9(8)12/h2-3,6H,4-5H2,1H3,(H,13,14). The fourth-order valence-electron chi connectivity index (χ4n) is 1.08. The molecule has 0 heterocycles. The molecule has 0 aliphatic heterocycles. The maximum absolute atomic E-state index is 13.3. The minimum absolute atomic E-state index is 0.00918. The van der Waals surface area contributed by atoms with Crippen molar-refractivity contribution in [1.29, 1.82) is 0 Å². The van der Waals surface area contributed by atoms with Crippen molar-refractivity contribution in [3.8, 4) is 0 Å². The van der Waals surface area contributed by atoms with Gasteiger partial charge in [-0.15, -0.1) is 0 Å². The van der Waals surface area contributed by atoms with Crippen molar-refractivity contribution < 1.29 is 13.4 Å². The third-order valence-electron chi connectivity index (χ3n) is 1.85. The second kappa shape index (κ2) is 6.10. The van der Waals surface area contributed by atoms with E-state index in [2.05, 4.69) is 21.2 Å². The van der Waals surface area contributed by atoms with Gasteiger partial charge in [0.1, 0.15) is 5.82 Å². The molecule has 1 amide bonds. The first kappa shape index (κ1) is 13.3. The van der Waals surface area contributed by atoms with Gasteiger partial charge >= 0.3 is 0 Å². The molecule has 1 aromatic rings. The number of benzene rings is 1. The van der Waals surface area contributed by atoms with Crippen molar-refractivity contribution in [2.75, 3.05) is 18.6 Å². The molecular weight excluding hydrogens is 297 g/mol. The Labute approximate surface area is 104 Å². The second-order valence-electron chi connectivity index (χ2n) is 3.16. The van der Waals surface area contributed by atoms with Gasteiger partial charge in [-0.25, -0.2) is 4.39 Å². The van der Waals surface area contributed by atoms with Crippen molar-refractivity contribution in [2.24, 2.45) is 0 Å². The lowest BCUT2D eigenvalue weighted by Gasteiger charge is -2.05. The highest BCUT2D eigenvalue weighted by Gasteiger charge is 2.11. The molecule has 1 atom stereocenters. The van der Waals surface area contributed by atoms with E-state index in [0.717, 1.165) is 0 Å². The van der Waals surface area contributed by atoms with Crippen LogP contribution in [0.5, 0.6) is 0 Å². The van der Waals surface area contributed by atoms with Crippen LogP contribution in [0.4, 0.5) is 4.39 Å². The molecule has 0 fully saturated rings. The monoisotopic (exact) mass is 307 g/mol. The maximum atomic E-state index is 13.3. The van der Waals surface area contributed by atoms with E-state index in [4.69, 9.17) is 0 Å². The van der Waals surface area contributed by atoms with Gasteiger partial charge in [0.25, 0.3) is 5.91 Å². The number of hydrogen-bond donors (Lipinski definition) is 1. The number of nitrogens with one attached hydrogen (secondary N) is 1. The van der Waals surface area contributed by atoms with Crippen LogP contribution in [0.25, 0.3) is 0 Å². The summed E-state index contributed by atoms with van der Waals surface area (Å²) in [6.45, 7) is 0.275. The summed E-state index contributed by atoms with van der Waals surface area (Å²) >= 11 is 3.11.